The van der Waals surface area contributed by atoms with Gasteiger partial charge in [-0.05, 0) is 61.3 Å². The predicted molar refractivity (Wildman–Crippen MR) is 111 cm³/mol. The maximum absolute atomic E-state index is 13.4. The summed E-state index contributed by atoms with van der Waals surface area (Å²) in [6.07, 6.45) is -2.70. The van der Waals surface area contributed by atoms with E-state index in [9.17, 15) is 23.1 Å². The van der Waals surface area contributed by atoms with Gasteiger partial charge in [0.2, 0.25) is 0 Å². The van der Waals surface area contributed by atoms with E-state index in [0.717, 1.165) is 25.0 Å². The van der Waals surface area contributed by atoms with Gasteiger partial charge in [-0.15, -0.1) is 0 Å². The summed E-state index contributed by atoms with van der Waals surface area (Å²) in [4.78, 5) is 13.7. The molecule has 0 bridgehead atoms. The number of carboxylic acid groups (broad SMARTS) is 1. The molecule has 30 heavy (non-hydrogen) atoms. The molecule has 0 radical (unpaired) electrons. The standard InChI is InChI=1S/C21H20BrClF3NO3/c1-30-18-8-6-13(22)11-15(18)19(27-9-3-2-4-17(27)20(28)29)14-10-12(21(24,25)26)5-7-16(14)23/h5-8,10-11,17,19H,2-4,9H2,1H3,(H,28,29). The molecule has 1 N–H and O–H groups in total. The van der Waals surface area contributed by atoms with Crippen LogP contribution in [0, 0.1) is 0 Å². The lowest BCUT2D eigenvalue weighted by atomic mass is 9.90. The van der Waals surface area contributed by atoms with Gasteiger partial charge in [-0.1, -0.05) is 34.0 Å². The molecule has 2 aromatic carbocycles. The lowest BCUT2D eigenvalue weighted by molar-refractivity contribution is -0.145. The monoisotopic (exact) mass is 505 g/mol. The van der Waals surface area contributed by atoms with Crippen molar-refractivity contribution >= 4 is 33.5 Å². The number of hydrogen-bond acceptors (Lipinski definition) is 3. The highest BCUT2D eigenvalue weighted by atomic mass is 79.9. The largest absolute Gasteiger partial charge is 0.496 e. The second kappa shape index (κ2) is 9.16. The van der Waals surface area contributed by atoms with Gasteiger partial charge in [-0.25, -0.2) is 0 Å². The second-order valence-corrected chi connectivity index (χ2v) is 8.43. The fraction of sp³-hybridized carbons (Fsp3) is 0.381. The summed E-state index contributed by atoms with van der Waals surface area (Å²) in [5.41, 5.74) is -0.109. The molecule has 1 fully saturated rings. The van der Waals surface area contributed by atoms with E-state index in [1.807, 2.05) is 0 Å². The van der Waals surface area contributed by atoms with Crippen LogP contribution in [0.15, 0.2) is 40.9 Å². The van der Waals surface area contributed by atoms with Gasteiger partial charge in [0.05, 0.1) is 18.7 Å². The first kappa shape index (κ1) is 22.9. The number of halogens is 5. The minimum Gasteiger partial charge on any atom is -0.496 e. The molecule has 2 atom stereocenters. The van der Waals surface area contributed by atoms with Gasteiger partial charge in [0.25, 0.3) is 0 Å². The van der Waals surface area contributed by atoms with Crippen molar-refractivity contribution in [2.45, 2.75) is 37.5 Å². The molecular formula is C21H20BrClF3NO3. The third-order valence-electron chi connectivity index (χ3n) is 5.27. The molecule has 0 saturated carbocycles. The number of carbonyl (C=O) groups is 1. The minimum atomic E-state index is -4.56. The number of benzene rings is 2. The van der Waals surface area contributed by atoms with Crippen LogP contribution >= 0.6 is 27.5 Å². The number of nitrogens with zero attached hydrogens (tertiary/aromatic N) is 1. The highest BCUT2D eigenvalue weighted by molar-refractivity contribution is 9.10. The van der Waals surface area contributed by atoms with E-state index in [4.69, 9.17) is 16.3 Å². The molecule has 0 aromatic heterocycles. The third kappa shape index (κ3) is 4.76. The Morgan fingerprint density at radius 1 is 1.23 bits per heavy atom. The minimum absolute atomic E-state index is 0.129. The lowest BCUT2D eigenvalue weighted by Crippen LogP contribution is -2.47. The number of hydrogen-bond donors (Lipinski definition) is 1. The molecule has 0 amide bonds. The van der Waals surface area contributed by atoms with Gasteiger partial charge in [-0.3, -0.25) is 9.69 Å². The summed E-state index contributed by atoms with van der Waals surface area (Å²) in [6.45, 7) is 0.407. The van der Waals surface area contributed by atoms with E-state index in [1.165, 1.54) is 13.2 Å². The average Bonchev–Trinajstić information content (AvgIpc) is 2.69. The molecule has 1 aliphatic heterocycles. The van der Waals surface area contributed by atoms with Crippen molar-refractivity contribution in [2.24, 2.45) is 0 Å². The lowest BCUT2D eigenvalue weighted by Gasteiger charge is -2.40. The van der Waals surface area contributed by atoms with Crippen LogP contribution in [0.25, 0.3) is 0 Å². The van der Waals surface area contributed by atoms with E-state index >= 15 is 0 Å². The Hall–Kier alpha value is -1.77. The van der Waals surface area contributed by atoms with Crippen molar-refractivity contribution in [3.05, 3.63) is 62.6 Å². The van der Waals surface area contributed by atoms with E-state index < -0.39 is 29.8 Å². The van der Waals surface area contributed by atoms with Crippen molar-refractivity contribution in [1.29, 1.82) is 0 Å². The first-order valence-electron chi connectivity index (χ1n) is 9.32. The fourth-order valence-corrected chi connectivity index (χ4v) is 4.50. The summed E-state index contributed by atoms with van der Waals surface area (Å²) in [7, 11) is 1.46. The van der Waals surface area contributed by atoms with Crippen LogP contribution in [-0.2, 0) is 11.0 Å². The Kier molecular flexibility index (Phi) is 6.99. The quantitative estimate of drug-likeness (QED) is 0.528. The number of carboxylic acids is 1. The highest BCUT2D eigenvalue weighted by Gasteiger charge is 2.39. The molecule has 0 aliphatic carbocycles. The van der Waals surface area contributed by atoms with Crippen molar-refractivity contribution in [1.82, 2.24) is 4.90 Å². The number of aliphatic carboxylic acids is 1. The first-order valence-corrected chi connectivity index (χ1v) is 10.5. The van der Waals surface area contributed by atoms with Crippen LogP contribution in [0.1, 0.15) is 42.0 Å². The van der Waals surface area contributed by atoms with E-state index in [1.54, 1.807) is 23.1 Å². The number of rotatable bonds is 5. The zero-order chi connectivity index (χ0) is 22.1. The molecule has 1 aliphatic rings. The zero-order valence-corrected chi connectivity index (χ0v) is 18.4. The number of piperidine rings is 1. The van der Waals surface area contributed by atoms with E-state index in [0.29, 0.717) is 28.8 Å². The molecule has 162 valence electrons. The molecule has 9 heteroatoms. The van der Waals surface area contributed by atoms with E-state index in [-0.39, 0.29) is 10.6 Å². The van der Waals surface area contributed by atoms with Gasteiger partial charge in [0.1, 0.15) is 11.8 Å². The van der Waals surface area contributed by atoms with Crippen molar-refractivity contribution in [2.75, 3.05) is 13.7 Å². The molecule has 3 rings (SSSR count). The number of ether oxygens (including phenoxy) is 1. The van der Waals surface area contributed by atoms with Gasteiger partial charge >= 0.3 is 12.1 Å². The molecule has 2 aromatic rings. The topological polar surface area (TPSA) is 49.8 Å². The Balaban J connectivity index is 2.26. The van der Waals surface area contributed by atoms with Gasteiger partial charge in [0, 0.05) is 15.1 Å². The smallest absolute Gasteiger partial charge is 0.416 e. The Bertz CT molecular complexity index is 938. The maximum atomic E-state index is 13.4. The molecule has 2 unspecified atom stereocenters. The summed E-state index contributed by atoms with van der Waals surface area (Å²) in [6, 6.07) is 6.62. The van der Waals surface area contributed by atoms with E-state index in [2.05, 4.69) is 15.9 Å². The zero-order valence-electron chi connectivity index (χ0n) is 16.0. The van der Waals surface area contributed by atoms with Crippen LogP contribution in [0.2, 0.25) is 5.02 Å². The van der Waals surface area contributed by atoms with Crippen LogP contribution in [-0.4, -0.2) is 35.7 Å². The summed E-state index contributed by atoms with van der Waals surface area (Å²) in [5.74, 6) is -0.580. The Morgan fingerprint density at radius 2 is 1.97 bits per heavy atom. The Labute approximate surface area is 185 Å². The predicted octanol–water partition coefficient (Wildman–Crippen LogP) is 6.16. The maximum Gasteiger partial charge on any atom is 0.416 e. The van der Waals surface area contributed by atoms with Crippen LogP contribution in [0.4, 0.5) is 13.2 Å². The molecule has 1 saturated heterocycles. The Morgan fingerprint density at radius 3 is 2.60 bits per heavy atom. The fourth-order valence-electron chi connectivity index (χ4n) is 3.90. The first-order chi connectivity index (χ1) is 14.1. The van der Waals surface area contributed by atoms with Crippen LogP contribution in [0.5, 0.6) is 5.75 Å². The summed E-state index contributed by atoms with van der Waals surface area (Å²) < 4.78 is 46.5. The third-order valence-corrected chi connectivity index (χ3v) is 6.10. The van der Waals surface area contributed by atoms with Crippen LogP contribution < -0.4 is 4.74 Å². The highest BCUT2D eigenvalue weighted by Crippen LogP contribution is 2.43. The van der Waals surface area contributed by atoms with Gasteiger partial charge in [0.15, 0.2) is 0 Å². The van der Waals surface area contributed by atoms with Gasteiger partial charge < -0.3 is 9.84 Å². The summed E-state index contributed by atoms with van der Waals surface area (Å²) in [5, 5.41) is 9.92. The van der Waals surface area contributed by atoms with Crippen molar-refractivity contribution in [3.63, 3.8) is 0 Å². The number of likely N-dealkylation sites (tertiary alicyclic amines) is 1. The molecule has 0 spiro atoms. The van der Waals surface area contributed by atoms with Crippen molar-refractivity contribution < 1.29 is 27.8 Å². The number of alkyl halides is 3. The molecular weight excluding hydrogens is 487 g/mol. The normalized spacial score (nSPS) is 18.8. The molecule has 1 heterocycles. The average molecular weight is 507 g/mol. The SMILES string of the molecule is COc1ccc(Br)cc1C(c1cc(C(F)(F)F)ccc1Cl)N1CCCCC1C(=O)O. The second-order valence-electron chi connectivity index (χ2n) is 7.11. The summed E-state index contributed by atoms with van der Waals surface area (Å²) >= 11 is 9.77. The molecule has 4 nitrogen and oxygen atoms in total. The van der Waals surface area contributed by atoms with Gasteiger partial charge in [-0.2, -0.15) is 13.2 Å². The van der Waals surface area contributed by atoms with Crippen LogP contribution in [0.3, 0.4) is 0 Å². The van der Waals surface area contributed by atoms with Crippen molar-refractivity contribution in [3.8, 4) is 5.75 Å². The number of methoxy groups -OCH3 is 1.